The molecule has 0 bridgehead atoms. The Balaban J connectivity index is 1.98. The normalized spacial score (nSPS) is 21.6. The van der Waals surface area contributed by atoms with Crippen molar-refractivity contribution in [2.45, 2.75) is 38.6 Å². The zero-order chi connectivity index (χ0) is 15.5. The lowest BCUT2D eigenvalue weighted by Crippen LogP contribution is -2.44. The van der Waals surface area contributed by atoms with Crippen LogP contribution in [0.15, 0.2) is 18.2 Å². The van der Waals surface area contributed by atoms with Crippen molar-refractivity contribution in [2.75, 3.05) is 6.61 Å². The molecule has 0 aromatic heterocycles. The Bertz CT molecular complexity index is 496. The molecule has 0 fully saturated rings. The molecule has 21 heavy (non-hydrogen) atoms. The maximum absolute atomic E-state index is 6.08. The highest BCUT2D eigenvalue weighted by Crippen LogP contribution is 2.34. The predicted molar refractivity (Wildman–Crippen MR) is 92.2 cm³/mol. The second kappa shape index (κ2) is 7.11. The minimum absolute atomic E-state index is 0.408. The lowest BCUT2D eigenvalue weighted by molar-refractivity contribution is 0.204. The molecule has 0 aliphatic carbocycles. The number of fused-ring (bicyclic) bond motifs is 1. The highest BCUT2D eigenvalue weighted by Gasteiger charge is 2.36. The smallest absolute Gasteiger partial charge is 0.395 e. The van der Waals surface area contributed by atoms with Crippen molar-refractivity contribution in [3.63, 3.8) is 0 Å². The Morgan fingerprint density at radius 3 is 2.76 bits per heavy atom. The minimum Gasteiger partial charge on any atom is -0.520 e. The van der Waals surface area contributed by atoms with Crippen molar-refractivity contribution >= 4 is 47.8 Å². The summed E-state index contributed by atoms with van der Waals surface area (Å²) < 4.78 is 17.7. The summed E-state index contributed by atoms with van der Waals surface area (Å²) >= 11 is 17.5. The first-order chi connectivity index (χ1) is 9.81. The van der Waals surface area contributed by atoms with Gasteiger partial charge in [-0.2, -0.15) is 0 Å². The van der Waals surface area contributed by atoms with Gasteiger partial charge in [0.05, 0.1) is 13.2 Å². The molecular formula is C13H19Cl3O3Si2. The fraction of sp³-hybridized carbons (Fsp3) is 0.538. The number of hydrogen-bond donors (Lipinski definition) is 0. The van der Waals surface area contributed by atoms with Crippen LogP contribution in [0.1, 0.15) is 18.9 Å². The largest absolute Gasteiger partial charge is 0.520 e. The molecule has 1 unspecified atom stereocenters. The quantitative estimate of drug-likeness (QED) is 0.503. The SMILES string of the molecule is CCC[Si]1(C)OCc2cc(OCC[Si](Cl)(Cl)Cl)ccc2O1. The zero-order valence-electron chi connectivity index (χ0n) is 12.1. The third kappa shape index (κ3) is 5.34. The van der Waals surface area contributed by atoms with Gasteiger partial charge in [0.1, 0.15) is 11.5 Å². The maximum atomic E-state index is 6.08. The monoisotopic (exact) mass is 384 g/mol. The molecule has 0 saturated heterocycles. The highest BCUT2D eigenvalue weighted by molar-refractivity contribution is 7.64. The summed E-state index contributed by atoms with van der Waals surface area (Å²) in [5.41, 5.74) is 1.01. The number of benzene rings is 1. The van der Waals surface area contributed by atoms with Gasteiger partial charge >= 0.3 is 14.6 Å². The zero-order valence-corrected chi connectivity index (χ0v) is 16.4. The molecule has 0 radical (unpaired) electrons. The van der Waals surface area contributed by atoms with Crippen molar-refractivity contribution in [1.29, 1.82) is 0 Å². The molecule has 0 saturated carbocycles. The van der Waals surface area contributed by atoms with E-state index in [0.29, 0.717) is 19.3 Å². The van der Waals surface area contributed by atoms with Crippen LogP contribution in [0.2, 0.25) is 18.6 Å². The van der Waals surface area contributed by atoms with Gasteiger partial charge in [-0.05, 0) is 24.7 Å². The Hall–Kier alpha value is 0.0838. The van der Waals surface area contributed by atoms with Crippen LogP contribution < -0.4 is 9.16 Å². The van der Waals surface area contributed by atoms with Gasteiger partial charge in [-0.25, -0.2) is 0 Å². The Kier molecular flexibility index (Phi) is 5.90. The fourth-order valence-corrected chi connectivity index (χ4v) is 5.58. The lowest BCUT2D eigenvalue weighted by Gasteiger charge is -2.33. The van der Waals surface area contributed by atoms with Crippen LogP contribution in [0, 0.1) is 0 Å². The summed E-state index contributed by atoms with van der Waals surface area (Å²) in [6.45, 7) is 5.24. The summed E-state index contributed by atoms with van der Waals surface area (Å²) in [7, 11) is -2.04. The standard InChI is InChI=1S/C13H19Cl3O3Si2/c1-3-7-20(2)18-10-11-9-12(4-5-13(11)19-20)17-6-8-21(14,15)16/h4-5,9H,3,6-8,10H2,1-2H3. The van der Waals surface area contributed by atoms with Gasteiger partial charge < -0.3 is 13.6 Å². The number of hydrogen-bond acceptors (Lipinski definition) is 3. The molecule has 3 nitrogen and oxygen atoms in total. The molecule has 0 N–H and O–H groups in total. The molecule has 118 valence electrons. The summed E-state index contributed by atoms with van der Waals surface area (Å²) in [5, 5.41) is 0. The van der Waals surface area contributed by atoms with Gasteiger partial charge in [0.2, 0.25) is 0 Å². The Morgan fingerprint density at radius 1 is 1.33 bits per heavy atom. The molecule has 1 heterocycles. The third-order valence-corrected chi connectivity index (χ3v) is 8.54. The average molecular weight is 386 g/mol. The van der Waals surface area contributed by atoms with E-state index < -0.39 is 14.6 Å². The topological polar surface area (TPSA) is 27.7 Å². The van der Waals surface area contributed by atoms with E-state index >= 15 is 0 Å². The Labute approximate surface area is 141 Å². The van der Waals surface area contributed by atoms with Crippen molar-refractivity contribution in [3.8, 4) is 11.5 Å². The van der Waals surface area contributed by atoms with Crippen molar-refractivity contribution < 1.29 is 13.6 Å². The van der Waals surface area contributed by atoms with E-state index in [-0.39, 0.29) is 0 Å². The first-order valence-corrected chi connectivity index (χ1v) is 14.7. The first kappa shape index (κ1) is 17.4. The highest BCUT2D eigenvalue weighted by atomic mass is 35.8. The molecule has 0 spiro atoms. The molecule has 1 aliphatic rings. The van der Waals surface area contributed by atoms with E-state index in [9.17, 15) is 0 Å². The molecule has 1 aromatic rings. The van der Waals surface area contributed by atoms with Gasteiger partial charge in [-0.3, -0.25) is 0 Å². The van der Waals surface area contributed by atoms with Crippen molar-refractivity contribution in [1.82, 2.24) is 0 Å². The second-order valence-corrected chi connectivity index (χ2v) is 17.8. The van der Waals surface area contributed by atoms with E-state index in [1.807, 2.05) is 18.2 Å². The first-order valence-electron chi connectivity index (χ1n) is 6.97. The van der Waals surface area contributed by atoms with Gasteiger partial charge in [0, 0.05) is 17.7 Å². The molecule has 1 aliphatic heterocycles. The van der Waals surface area contributed by atoms with Crippen LogP contribution >= 0.6 is 33.2 Å². The molecule has 0 amide bonds. The molecule has 1 atom stereocenters. The van der Waals surface area contributed by atoms with Gasteiger partial charge in [0.15, 0.2) is 0 Å². The van der Waals surface area contributed by atoms with Gasteiger partial charge in [0.25, 0.3) is 0 Å². The minimum atomic E-state index is -2.62. The van der Waals surface area contributed by atoms with E-state index in [2.05, 4.69) is 13.5 Å². The van der Waals surface area contributed by atoms with E-state index in [1.54, 1.807) is 0 Å². The molecule has 8 heteroatoms. The third-order valence-electron chi connectivity index (χ3n) is 3.25. The summed E-state index contributed by atoms with van der Waals surface area (Å²) in [5.74, 6) is 1.66. The van der Waals surface area contributed by atoms with Gasteiger partial charge in [-0.1, -0.05) is 13.3 Å². The lowest BCUT2D eigenvalue weighted by atomic mass is 10.2. The van der Waals surface area contributed by atoms with Crippen LogP contribution in [0.4, 0.5) is 0 Å². The molecule has 1 aromatic carbocycles. The van der Waals surface area contributed by atoms with E-state index in [0.717, 1.165) is 29.5 Å². The van der Waals surface area contributed by atoms with Crippen molar-refractivity contribution in [3.05, 3.63) is 23.8 Å². The van der Waals surface area contributed by atoms with Crippen LogP contribution in [0.3, 0.4) is 0 Å². The van der Waals surface area contributed by atoms with E-state index in [4.69, 9.17) is 46.8 Å². The van der Waals surface area contributed by atoms with Crippen LogP contribution in [0.5, 0.6) is 11.5 Å². The summed E-state index contributed by atoms with van der Waals surface area (Å²) in [4.78, 5) is 0. The summed E-state index contributed by atoms with van der Waals surface area (Å²) in [6, 6.07) is 4.63. The number of ether oxygens (including phenoxy) is 1. The molecule has 2 rings (SSSR count). The predicted octanol–water partition coefficient (Wildman–Crippen LogP) is 5.11. The Morgan fingerprint density at radius 2 is 2.10 bits per heavy atom. The van der Waals surface area contributed by atoms with Crippen LogP contribution in [0.25, 0.3) is 0 Å². The van der Waals surface area contributed by atoms with Gasteiger partial charge in [-0.15, -0.1) is 33.2 Å². The second-order valence-electron chi connectivity index (χ2n) is 5.26. The fourth-order valence-electron chi connectivity index (χ4n) is 2.21. The number of rotatable bonds is 6. The van der Waals surface area contributed by atoms with Crippen LogP contribution in [-0.2, 0) is 11.0 Å². The van der Waals surface area contributed by atoms with Crippen molar-refractivity contribution in [2.24, 2.45) is 0 Å². The van der Waals surface area contributed by atoms with E-state index in [1.165, 1.54) is 0 Å². The molecular weight excluding hydrogens is 367 g/mol. The number of halogens is 3. The average Bonchev–Trinajstić information content (AvgIpc) is 2.37. The maximum Gasteiger partial charge on any atom is 0.395 e. The van der Waals surface area contributed by atoms with Crippen LogP contribution in [-0.4, -0.2) is 21.2 Å². The summed E-state index contributed by atoms with van der Waals surface area (Å²) in [6.07, 6.45) is 1.07.